The Balaban J connectivity index is 2.05. The van der Waals surface area contributed by atoms with E-state index in [-0.39, 0.29) is 6.61 Å². The molecular formula is C12H16N4OS. The lowest BCUT2D eigenvalue weighted by molar-refractivity contribution is 0.275. The van der Waals surface area contributed by atoms with Crippen molar-refractivity contribution in [2.24, 2.45) is 0 Å². The fraction of sp³-hybridized carbons (Fsp3) is 0.583. The molecule has 1 aliphatic rings. The molecule has 1 fully saturated rings. The molecule has 2 aromatic heterocycles. The second-order valence-corrected chi connectivity index (χ2v) is 5.40. The summed E-state index contributed by atoms with van der Waals surface area (Å²) in [5.41, 5.74) is 1.00. The first kappa shape index (κ1) is 11.8. The van der Waals surface area contributed by atoms with Crippen molar-refractivity contribution in [1.82, 2.24) is 14.3 Å². The number of nitrogens with zero attached hydrogens (tertiary/aromatic N) is 4. The van der Waals surface area contributed by atoms with E-state index in [0.29, 0.717) is 6.04 Å². The van der Waals surface area contributed by atoms with Crippen molar-refractivity contribution in [3.05, 3.63) is 12.0 Å². The zero-order valence-corrected chi connectivity index (χ0v) is 11.2. The van der Waals surface area contributed by atoms with Crippen LogP contribution in [0.25, 0.3) is 10.2 Å². The highest BCUT2D eigenvalue weighted by Crippen LogP contribution is 2.33. The number of fused-ring (bicyclic) bond motifs is 1. The molecule has 3 rings (SSSR count). The molecule has 1 unspecified atom stereocenters. The molecule has 0 bridgehead atoms. The normalized spacial score (nSPS) is 19.9. The lowest BCUT2D eigenvalue weighted by Crippen LogP contribution is -2.30. The van der Waals surface area contributed by atoms with Crippen molar-refractivity contribution in [1.29, 1.82) is 0 Å². The van der Waals surface area contributed by atoms with Crippen molar-refractivity contribution in [3.8, 4) is 0 Å². The van der Waals surface area contributed by atoms with Crippen molar-refractivity contribution in [2.45, 2.75) is 32.2 Å². The summed E-state index contributed by atoms with van der Waals surface area (Å²) in [5, 5.41) is 10.2. The standard InChI is InChI=1S/C12H16N4OS/c1-8-10-11(13-7-14-12(10)18-15-8)16-5-2-3-9(16)4-6-17/h7,9,17H,2-6H2,1H3. The summed E-state index contributed by atoms with van der Waals surface area (Å²) in [6, 6.07) is 0.396. The van der Waals surface area contributed by atoms with Gasteiger partial charge in [-0.05, 0) is 37.7 Å². The van der Waals surface area contributed by atoms with Gasteiger partial charge in [-0.15, -0.1) is 0 Å². The van der Waals surface area contributed by atoms with Crippen LogP contribution in [0.4, 0.5) is 5.82 Å². The molecule has 0 radical (unpaired) electrons. The summed E-state index contributed by atoms with van der Waals surface area (Å²) in [6.45, 7) is 3.24. The largest absolute Gasteiger partial charge is 0.396 e. The lowest BCUT2D eigenvalue weighted by Gasteiger charge is -2.25. The Kier molecular flexibility index (Phi) is 3.13. The average Bonchev–Trinajstić information content (AvgIpc) is 2.97. The second kappa shape index (κ2) is 4.78. The van der Waals surface area contributed by atoms with Crippen LogP contribution in [-0.4, -0.2) is 38.6 Å². The summed E-state index contributed by atoms with van der Waals surface area (Å²) in [6.07, 6.45) is 4.71. The maximum Gasteiger partial charge on any atom is 0.149 e. The molecule has 1 saturated heterocycles. The van der Waals surface area contributed by atoms with E-state index in [1.165, 1.54) is 11.5 Å². The molecule has 18 heavy (non-hydrogen) atoms. The Morgan fingerprint density at radius 2 is 2.39 bits per heavy atom. The maximum absolute atomic E-state index is 9.15. The van der Waals surface area contributed by atoms with Crippen LogP contribution in [0.5, 0.6) is 0 Å². The lowest BCUT2D eigenvalue weighted by atomic mass is 10.1. The summed E-state index contributed by atoms with van der Waals surface area (Å²) in [7, 11) is 0. The molecule has 0 aliphatic carbocycles. The van der Waals surface area contributed by atoms with Crippen LogP contribution in [0.3, 0.4) is 0 Å². The van der Waals surface area contributed by atoms with Crippen molar-refractivity contribution < 1.29 is 5.11 Å². The minimum absolute atomic E-state index is 0.232. The first-order chi connectivity index (χ1) is 8.81. The highest BCUT2D eigenvalue weighted by molar-refractivity contribution is 7.13. The molecule has 0 spiro atoms. The highest BCUT2D eigenvalue weighted by atomic mass is 32.1. The van der Waals surface area contributed by atoms with Gasteiger partial charge in [-0.2, -0.15) is 4.37 Å². The Labute approximate surface area is 110 Å². The number of aromatic nitrogens is 3. The first-order valence-electron chi connectivity index (χ1n) is 6.25. The molecule has 1 N–H and O–H groups in total. The number of hydrogen-bond acceptors (Lipinski definition) is 6. The van der Waals surface area contributed by atoms with Gasteiger partial charge in [-0.1, -0.05) is 0 Å². The minimum atomic E-state index is 0.232. The molecule has 0 amide bonds. The number of rotatable bonds is 3. The summed E-state index contributed by atoms with van der Waals surface area (Å²) in [4.78, 5) is 12.0. The van der Waals surface area contributed by atoms with Crippen LogP contribution in [0.15, 0.2) is 6.33 Å². The molecule has 96 valence electrons. The fourth-order valence-electron chi connectivity index (χ4n) is 2.69. The van der Waals surface area contributed by atoms with Gasteiger partial charge in [0.1, 0.15) is 17.0 Å². The van der Waals surface area contributed by atoms with Crippen LogP contribution in [0, 0.1) is 6.92 Å². The molecule has 3 heterocycles. The number of anilines is 1. The SMILES string of the molecule is Cc1nsc2ncnc(N3CCCC3CCO)c12. The summed E-state index contributed by atoms with van der Waals surface area (Å²) >= 11 is 1.42. The molecule has 0 aromatic carbocycles. The molecule has 5 nitrogen and oxygen atoms in total. The van der Waals surface area contributed by atoms with Gasteiger partial charge < -0.3 is 10.0 Å². The zero-order valence-electron chi connectivity index (χ0n) is 10.3. The number of aliphatic hydroxyl groups is 1. The van der Waals surface area contributed by atoms with Crippen LogP contribution >= 0.6 is 11.5 Å². The third kappa shape index (κ3) is 1.85. The van der Waals surface area contributed by atoms with Crippen LogP contribution in [0.1, 0.15) is 25.0 Å². The van der Waals surface area contributed by atoms with E-state index < -0.39 is 0 Å². The monoisotopic (exact) mass is 264 g/mol. The number of aryl methyl sites for hydroxylation is 1. The van der Waals surface area contributed by atoms with Crippen molar-refractivity contribution >= 4 is 27.6 Å². The third-order valence-corrected chi connectivity index (χ3v) is 4.38. The second-order valence-electron chi connectivity index (χ2n) is 4.65. The third-order valence-electron chi connectivity index (χ3n) is 3.53. The van der Waals surface area contributed by atoms with E-state index in [0.717, 1.165) is 47.5 Å². The first-order valence-corrected chi connectivity index (χ1v) is 7.03. The van der Waals surface area contributed by atoms with Gasteiger partial charge in [0.15, 0.2) is 0 Å². The molecule has 2 aromatic rings. The van der Waals surface area contributed by atoms with E-state index >= 15 is 0 Å². The van der Waals surface area contributed by atoms with Gasteiger partial charge in [0, 0.05) is 19.2 Å². The van der Waals surface area contributed by atoms with E-state index in [4.69, 9.17) is 5.11 Å². The number of aliphatic hydroxyl groups excluding tert-OH is 1. The Morgan fingerprint density at radius 1 is 1.50 bits per heavy atom. The van der Waals surface area contributed by atoms with E-state index in [2.05, 4.69) is 19.2 Å². The minimum Gasteiger partial charge on any atom is -0.396 e. The van der Waals surface area contributed by atoms with E-state index in [9.17, 15) is 0 Å². The molecular weight excluding hydrogens is 248 g/mol. The van der Waals surface area contributed by atoms with Gasteiger partial charge in [0.05, 0.1) is 11.1 Å². The average molecular weight is 264 g/mol. The maximum atomic E-state index is 9.15. The topological polar surface area (TPSA) is 62.1 Å². The summed E-state index contributed by atoms with van der Waals surface area (Å²) in [5.74, 6) is 0.988. The van der Waals surface area contributed by atoms with Crippen molar-refractivity contribution in [3.63, 3.8) is 0 Å². The predicted molar refractivity (Wildman–Crippen MR) is 72.0 cm³/mol. The number of hydrogen-bond donors (Lipinski definition) is 1. The predicted octanol–water partition coefficient (Wildman–Crippen LogP) is 1.75. The van der Waals surface area contributed by atoms with Crippen LogP contribution in [-0.2, 0) is 0 Å². The highest BCUT2D eigenvalue weighted by Gasteiger charge is 2.27. The van der Waals surface area contributed by atoms with Gasteiger partial charge in [-0.3, -0.25) is 0 Å². The van der Waals surface area contributed by atoms with E-state index in [1.54, 1.807) is 6.33 Å². The van der Waals surface area contributed by atoms with Gasteiger partial charge in [0.2, 0.25) is 0 Å². The Hall–Kier alpha value is -1.27. The smallest absolute Gasteiger partial charge is 0.149 e. The fourth-order valence-corrected chi connectivity index (χ4v) is 3.42. The van der Waals surface area contributed by atoms with Crippen molar-refractivity contribution in [2.75, 3.05) is 18.1 Å². The molecule has 1 atom stereocenters. The van der Waals surface area contributed by atoms with Crippen LogP contribution in [0.2, 0.25) is 0 Å². The summed E-state index contributed by atoms with van der Waals surface area (Å²) < 4.78 is 4.36. The Morgan fingerprint density at radius 3 is 3.22 bits per heavy atom. The van der Waals surface area contributed by atoms with E-state index in [1.807, 2.05) is 6.92 Å². The molecule has 6 heteroatoms. The quantitative estimate of drug-likeness (QED) is 0.915. The van der Waals surface area contributed by atoms with Gasteiger partial charge >= 0.3 is 0 Å². The Bertz CT molecular complexity index is 556. The zero-order chi connectivity index (χ0) is 12.5. The molecule has 1 aliphatic heterocycles. The molecule has 0 saturated carbocycles. The van der Waals surface area contributed by atoms with Crippen LogP contribution < -0.4 is 4.90 Å². The van der Waals surface area contributed by atoms with Gasteiger partial charge in [0.25, 0.3) is 0 Å². The van der Waals surface area contributed by atoms with Gasteiger partial charge in [-0.25, -0.2) is 9.97 Å².